The highest BCUT2D eigenvalue weighted by atomic mass is 32.1. The zero-order chi connectivity index (χ0) is 15.0. The van der Waals surface area contributed by atoms with E-state index in [4.69, 9.17) is 0 Å². The molecule has 3 aromatic rings. The molecule has 0 bridgehead atoms. The molecule has 0 amide bonds. The van der Waals surface area contributed by atoms with Gasteiger partial charge in [-0.25, -0.2) is 0 Å². The number of hydrogen-bond donors (Lipinski definition) is 2. The summed E-state index contributed by atoms with van der Waals surface area (Å²) in [6.45, 7) is 6.24. The number of aryl methyl sites for hydroxylation is 2. The summed E-state index contributed by atoms with van der Waals surface area (Å²) < 4.78 is 1.32. The smallest absolute Gasteiger partial charge is 0.120 e. The molecule has 2 nitrogen and oxygen atoms in total. The van der Waals surface area contributed by atoms with Crippen molar-refractivity contribution in [3.63, 3.8) is 0 Å². The number of phenols is 1. The molecule has 0 fully saturated rings. The number of thiophene rings is 1. The first-order valence-corrected chi connectivity index (χ1v) is 7.92. The third kappa shape index (κ3) is 2.61. The van der Waals surface area contributed by atoms with Crippen LogP contribution < -0.4 is 5.32 Å². The van der Waals surface area contributed by atoms with Gasteiger partial charge in [0.25, 0.3) is 0 Å². The summed E-state index contributed by atoms with van der Waals surface area (Å²) in [6.07, 6.45) is 0. The third-order valence-electron chi connectivity index (χ3n) is 3.87. The summed E-state index contributed by atoms with van der Waals surface area (Å²) in [5.74, 6) is 0.334. The number of anilines is 1. The maximum atomic E-state index is 9.82. The van der Waals surface area contributed by atoms with Crippen molar-refractivity contribution in [2.45, 2.75) is 26.8 Å². The summed E-state index contributed by atoms with van der Waals surface area (Å²) in [5.41, 5.74) is 3.18. The Bertz CT molecular complexity index is 791. The van der Waals surface area contributed by atoms with E-state index < -0.39 is 0 Å². The second-order valence-corrected chi connectivity index (χ2v) is 6.54. The fourth-order valence-electron chi connectivity index (χ4n) is 2.62. The zero-order valence-electron chi connectivity index (χ0n) is 12.5. The van der Waals surface area contributed by atoms with Gasteiger partial charge in [0.2, 0.25) is 0 Å². The lowest BCUT2D eigenvalue weighted by molar-refractivity contribution is 0.471. The van der Waals surface area contributed by atoms with Crippen LogP contribution in [0.25, 0.3) is 10.1 Å². The third-order valence-corrected chi connectivity index (χ3v) is 5.32. The SMILES string of the molecule is Cc1ccc(NC(C)c2sc3ccccc3c2C)cc1O. The van der Waals surface area contributed by atoms with Gasteiger partial charge in [0.1, 0.15) is 5.75 Å². The van der Waals surface area contributed by atoms with E-state index in [1.807, 2.05) is 30.4 Å². The van der Waals surface area contributed by atoms with Crippen LogP contribution in [-0.2, 0) is 0 Å². The number of hydrogen-bond acceptors (Lipinski definition) is 3. The van der Waals surface area contributed by atoms with Crippen molar-refractivity contribution in [1.29, 1.82) is 0 Å². The van der Waals surface area contributed by atoms with Gasteiger partial charge < -0.3 is 10.4 Å². The maximum Gasteiger partial charge on any atom is 0.120 e. The first-order chi connectivity index (χ1) is 10.1. The molecule has 2 aromatic carbocycles. The largest absolute Gasteiger partial charge is 0.508 e. The molecule has 1 unspecified atom stereocenters. The second kappa shape index (κ2) is 5.41. The number of fused-ring (bicyclic) bond motifs is 1. The van der Waals surface area contributed by atoms with Crippen LogP contribution >= 0.6 is 11.3 Å². The summed E-state index contributed by atoms with van der Waals surface area (Å²) in [7, 11) is 0. The van der Waals surface area contributed by atoms with Crippen molar-refractivity contribution < 1.29 is 5.11 Å². The monoisotopic (exact) mass is 297 g/mol. The van der Waals surface area contributed by atoms with Gasteiger partial charge in [-0.2, -0.15) is 0 Å². The van der Waals surface area contributed by atoms with Crippen molar-refractivity contribution in [3.05, 3.63) is 58.5 Å². The predicted octanol–water partition coefficient (Wildman–Crippen LogP) is 5.40. The summed E-state index contributed by atoms with van der Waals surface area (Å²) in [4.78, 5) is 1.34. The molecule has 0 aliphatic heterocycles. The number of nitrogens with one attached hydrogen (secondary N) is 1. The van der Waals surface area contributed by atoms with Gasteiger partial charge in [-0.15, -0.1) is 11.3 Å². The van der Waals surface area contributed by atoms with Crippen LogP contribution in [0.1, 0.15) is 29.0 Å². The van der Waals surface area contributed by atoms with Crippen molar-refractivity contribution in [2.75, 3.05) is 5.32 Å². The van der Waals surface area contributed by atoms with Gasteiger partial charge in [0, 0.05) is 21.3 Å². The highest BCUT2D eigenvalue weighted by Gasteiger charge is 2.14. The molecule has 0 spiro atoms. The quantitative estimate of drug-likeness (QED) is 0.678. The average molecular weight is 297 g/mol. The predicted molar refractivity (Wildman–Crippen MR) is 91.4 cm³/mol. The van der Waals surface area contributed by atoms with E-state index in [-0.39, 0.29) is 6.04 Å². The molecule has 1 heterocycles. The van der Waals surface area contributed by atoms with E-state index in [9.17, 15) is 5.11 Å². The molecule has 0 saturated heterocycles. The Hall–Kier alpha value is -2.00. The molecule has 2 N–H and O–H groups in total. The van der Waals surface area contributed by atoms with Crippen molar-refractivity contribution >= 4 is 27.1 Å². The van der Waals surface area contributed by atoms with E-state index in [2.05, 4.69) is 43.4 Å². The van der Waals surface area contributed by atoms with Crippen LogP contribution in [0.5, 0.6) is 5.75 Å². The molecule has 3 rings (SSSR count). The van der Waals surface area contributed by atoms with Gasteiger partial charge >= 0.3 is 0 Å². The Morgan fingerprint density at radius 1 is 1.10 bits per heavy atom. The number of aromatic hydroxyl groups is 1. The van der Waals surface area contributed by atoms with Crippen LogP contribution in [-0.4, -0.2) is 5.11 Å². The Balaban J connectivity index is 1.91. The summed E-state index contributed by atoms with van der Waals surface area (Å²) in [5, 5.41) is 14.6. The molecule has 108 valence electrons. The zero-order valence-corrected chi connectivity index (χ0v) is 13.3. The summed E-state index contributed by atoms with van der Waals surface area (Å²) >= 11 is 1.83. The van der Waals surface area contributed by atoms with Crippen LogP contribution in [0, 0.1) is 13.8 Å². The lowest BCUT2D eigenvalue weighted by Gasteiger charge is -2.15. The van der Waals surface area contributed by atoms with Gasteiger partial charge in [0.15, 0.2) is 0 Å². The molecule has 1 aromatic heterocycles. The Morgan fingerprint density at radius 3 is 2.57 bits per heavy atom. The van der Waals surface area contributed by atoms with Gasteiger partial charge in [-0.05, 0) is 49.4 Å². The van der Waals surface area contributed by atoms with Crippen LogP contribution in [0.15, 0.2) is 42.5 Å². The van der Waals surface area contributed by atoms with Gasteiger partial charge in [-0.3, -0.25) is 0 Å². The first-order valence-electron chi connectivity index (χ1n) is 7.10. The van der Waals surface area contributed by atoms with Crippen molar-refractivity contribution in [3.8, 4) is 5.75 Å². The minimum atomic E-state index is 0.213. The van der Waals surface area contributed by atoms with E-state index in [0.717, 1.165) is 11.3 Å². The molecule has 0 aliphatic rings. The average Bonchev–Trinajstić information content (AvgIpc) is 2.81. The lowest BCUT2D eigenvalue weighted by atomic mass is 10.1. The van der Waals surface area contributed by atoms with E-state index in [1.54, 1.807) is 6.07 Å². The summed E-state index contributed by atoms with van der Waals surface area (Å²) in [6, 6.07) is 14.4. The van der Waals surface area contributed by atoms with Crippen LogP contribution in [0.3, 0.4) is 0 Å². The lowest BCUT2D eigenvalue weighted by Crippen LogP contribution is -2.06. The fourth-order valence-corrected chi connectivity index (χ4v) is 3.83. The van der Waals surface area contributed by atoms with Gasteiger partial charge in [-0.1, -0.05) is 24.3 Å². The molecule has 0 radical (unpaired) electrons. The molecular formula is C18H19NOS. The molecule has 21 heavy (non-hydrogen) atoms. The minimum Gasteiger partial charge on any atom is -0.508 e. The molecular weight excluding hydrogens is 278 g/mol. The number of phenolic OH excluding ortho intramolecular Hbond substituents is 1. The van der Waals surface area contributed by atoms with Gasteiger partial charge in [0.05, 0.1) is 6.04 Å². The van der Waals surface area contributed by atoms with Crippen molar-refractivity contribution in [1.82, 2.24) is 0 Å². The first kappa shape index (κ1) is 14.0. The Labute approximate surface area is 129 Å². The van der Waals surface area contributed by atoms with E-state index in [0.29, 0.717) is 5.75 Å². The fraction of sp³-hybridized carbons (Fsp3) is 0.222. The minimum absolute atomic E-state index is 0.213. The molecule has 0 aliphatic carbocycles. The molecule has 0 saturated carbocycles. The highest BCUT2D eigenvalue weighted by molar-refractivity contribution is 7.19. The molecule has 3 heteroatoms. The van der Waals surface area contributed by atoms with Crippen molar-refractivity contribution in [2.24, 2.45) is 0 Å². The van der Waals surface area contributed by atoms with E-state index in [1.165, 1.54) is 20.5 Å². The number of benzene rings is 2. The Morgan fingerprint density at radius 2 is 1.86 bits per heavy atom. The van der Waals surface area contributed by atoms with Crippen LogP contribution in [0.4, 0.5) is 5.69 Å². The maximum absolute atomic E-state index is 9.82. The standard InChI is InChI=1S/C18H19NOS/c1-11-8-9-14(10-16(11)20)19-13(3)18-12(2)15-6-4-5-7-17(15)21-18/h4-10,13,19-20H,1-3H3. The van der Waals surface area contributed by atoms with E-state index >= 15 is 0 Å². The number of rotatable bonds is 3. The van der Waals surface area contributed by atoms with Crippen LogP contribution in [0.2, 0.25) is 0 Å². The topological polar surface area (TPSA) is 32.3 Å². The normalized spacial score (nSPS) is 12.5. The second-order valence-electron chi connectivity index (χ2n) is 5.45. The Kier molecular flexibility index (Phi) is 3.60. The highest BCUT2D eigenvalue weighted by Crippen LogP contribution is 2.36. The molecule has 1 atom stereocenters.